The Bertz CT molecular complexity index is 1820. The van der Waals surface area contributed by atoms with E-state index >= 15 is 0 Å². The number of fused-ring (bicyclic) bond motifs is 3. The molecule has 2 aliphatic rings. The van der Waals surface area contributed by atoms with E-state index in [1.54, 1.807) is 6.07 Å². The van der Waals surface area contributed by atoms with E-state index in [4.69, 9.17) is 0 Å². The van der Waals surface area contributed by atoms with E-state index in [1.165, 1.54) is 42.4 Å². The van der Waals surface area contributed by atoms with Gasteiger partial charge in [-0.05, 0) is 11.4 Å². The number of ether oxygens (including phenoxy) is 1. The third-order valence-corrected chi connectivity index (χ3v) is 5.05. The molecule has 190 valence electrons. The Morgan fingerprint density at radius 2 is 1.76 bits per heavy atom. The first-order chi connectivity index (χ1) is 18.5. The molecule has 2 aliphatic heterocycles. The number of esters is 1. The average molecular weight is 536 g/mol. The molecule has 0 fully saturated rings. The lowest BCUT2D eigenvalue weighted by atomic mass is 10.3. The summed E-state index contributed by atoms with van der Waals surface area (Å²) in [5, 5.41) is 12.4. The van der Waals surface area contributed by atoms with Gasteiger partial charge < -0.3 is 18.1 Å². The van der Waals surface area contributed by atoms with Crippen LogP contribution in [0.4, 0.5) is 0 Å². The zero-order chi connectivity index (χ0) is 26.7. The second-order valence-electron chi connectivity index (χ2n) is 6.52. The maximum Gasteiger partial charge on any atom is 0.356 e. The highest BCUT2D eigenvalue weighted by molar-refractivity contribution is 7.17. The Kier molecular flexibility index (Phi) is 8.33. The number of thiophene rings is 1. The fourth-order valence-corrected chi connectivity index (χ4v) is 3.22. The molecule has 17 heteroatoms. The second-order valence-corrected chi connectivity index (χ2v) is 7.44. The van der Waals surface area contributed by atoms with Crippen LogP contribution in [0.1, 0.15) is 0 Å². The average Bonchev–Trinajstić information content (AvgIpc) is 3.62. The maximum atomic E-state index is 10.9. The fourth-order valence-electron chi connectivity index (χ4n) is 2.50. The Balaban J connectivity index is 0.000000119. The van der Waals surface area contributed by atoms with E-state index in [0.717, 1.165) is 19.0 Å². The third kappa shape index (κ3) is 6.55. The van der Waals surface area contributed by atoms with Gasteiger partial charge in [0.25, 0.3) is 0 Å². The maximum absolute atomic E-state index is 10.9. The minimum Gasteiger partial charge on any atom is -0.439 e. The van der Waals surface area contributed by atoms with Crippen LogP contribution < -0.4 is 16.7 Å². The molecule has 7 heterocycles. The van der Waals surface area contributed by atoms with Crippen LogP contribution in [-0.4, -0.2) is 43.6 Å². The Labute approximate surface area is 212 Å². The van der Waals surface area contributed by atoms with Crippen molar-refractivity contribution in [1.29, 1.82) is 0 Å². The molecule has 0 unspecified atom stereocenters. The molecule has 5 aromatic rings. The van der Waals surface area contributed by atoms with Crippen molar-refractivity contribution in [2.45, 2.75) is 0 Å². The molecule has 0 aromatic carbocycles. The van der Waals surface area contributed by atoms with Crippen LogP contribution in [0.15, 0.2) is 110 Å². The van der Waals surface area contributed by atoms with Gasteiger partial charge in [-0.15, -0.1) is 16.5 Å². The molecular weight excluding hydrogens is 524 g/mol. The summed E-state index contributed by atoms with van der Waals surface area (Å²) in [4.78, 5) is 61.4. The lowest BCUT2D eigenvalue weighted by Crippen LogP contribution is -2.18. The summed E-state index contributed by atoms with van der Waals surface area (Å²) in [7, 11) is 0. The Hall–Kier alpha value is -5.58. The van der Waals surface area contributed by atoms with Crippen LogP contribution >= 0.6 is 11.3 Å². The third-order valence-electron chi connectivity index (χ3n) is 4.17. The van der Waals surface area contributed by atoms with Gasteiger partial charge in [0.05, 0.1) is 11.7 Å². The van der Waals surface area contributed by atoms with Crippen molar-refractivity contribution in [2.75, 3.05) is 6.73 Å². The van der Waals surface area contributed by atoms with Crippen LogP contribution in [0.3, 0.4) is 0 Å². The first kappa shape index (κ1) is 25.5. The lowest BCUT2D eigenvalue weighted by molar-refractivity contribution is -0.138. The first-order valence-corrected chi connectivity index (χ1v) is 11.0. The van der Waals surface area contributed by atoms with Gasteiger partial charge in [-0.25, -0.2) is 34.3 Å². The van der Waals surface area contributed by atoms with Crippen molar-refractivity contribution < 1.29 is 22.9 Å². The van der Waals surface area contributed by atoms with Crippen molar-refractivity contribution >= 4 is 44.4 Å². The fraction of sp³-hybridized carbons (Fsp3) is 0.0476. The highest BCUT2D eigenvalue weighted by Crippen LogP contribution is 2.14. The summed E-state index contributed by atoms with van der Waals surface area (Å²) in [6.45, 7) is 0.0600. The van der Waals surface area contributed by atoms with E-state index in [-0.39, 0.29) is 17.8 Å². The summed E-state index contributed by atoms with van der Waals surface area (Å²) in [5.41, 5.74) is 0.519. The molecule has 0 saturated carbocycles. The number of hydrogen-bond acceptors (Lipinski definition) is 17. The summed E-state index contributed by atoms with van der Waals surface area (Å²) < 4.78 is 18.5. The van der Waals surface area contributed by atoms with Crippen molar-refractivity contribution in [1.82, 2.24) is 25.1 Å². The van der Waals surface area contributed by atoms with Gasteiger partial charge in [-0.3, -0.25) is 4.79 Å². The molecule has 7 rings (SSSR count). The summed E-state index contributed by atoms with van der Waals surface area (Å²) in [6.07, 6.45) is 8.63. The molecule has 0 saturated heterocycles. The van der Waals surface area contributed by atoms with Gasteiger partial charge in [0, 0.05) is 12.3 Å². The minimum atomic E-state index is -0.462. The number of azo groups is 1. The van der Waals surface area contributed by atoms with E-state index in [2.05, 4.69) is 58.4 Å². The highest BCUT2D eigenvalue weighted by Gasteiger charge is 2.24. The highest BCUT2D eigenvalue weighted by atomic mass is 32.1. The molecule has 5 aromatic heterocycles. The molecule has 38 heavy (non-hydrogen) atoms. The molecule has 0 amide bonds. The second kappa shape index (κ2) is 12.4. The predicted molar refractivity (Wildman–Crippen MR) is 128 cm³/mol. The largest absolute Gasteiger partial charge is 0.439 e. The van der Waals surface area contributed by atoms with Crippen molar-refractivity contribution in [3.05, 3.63) is 98.1 Å². The number of nitrogens with zero attached hydrogens (tertiary/aromatic N) is 8. The number of hydrogen-bond donors (Lipinski definition) is 0. The van der Waals surface area contributed by atoms with E-state index in [1.807, 2.05) is 5.38 Å². The number of aromatic nitrogens is 5. The van der Waals surface area contributed by atoms with Crippen molar-refractivity contribution in [2.24, 2.45) is 15.2 Å². The van der Waals surface area contributed by atoms with Crippen molar-refractivity contribution in [3.63, 3.8) is 0 Å². The van der Waals surface area contributed by atoms with E-state index in [9.17, 15) is 19.2 Å². The van der Waals surface area contributed by atoms with Gasteiger partial charge in [-0.2, -0.15) is 10.1 Å². The summed E-state index contributed by atoms with van der Waals surface area (Å²) in [6, 6.07) is 3.09. The van der Waals surface area contributed by atoms with Crippen LogP contribution in [0, 0.1) is 0 Å². The molecule has 0 aliphatic carbocycles. The molecule has 0 N–H and O–H groups in total. The number of aliphatic imine (C=N–C) groups is 1. The molecule has 0 atom stereocenters. The quantitative estimate of drug-likeness (QED) is 0.256. The zero-order valence-electron chi connectivity index (χ0n) is 18.7. The molecule has 16 nitrogen and oxygen atoms in total. The number of carbonyl (C=O) groups excluding carboxylic acids is 1. The summed E-state index contributed by atoms with van der Waals surface area (Å²) in [5.74, 6) is -0.00810. The van der Waals surface area contributed by atoms with Crippen LogP contribution in [0.2, 0.25) is 0 Å². The van der Waals surface area contributed by atoms with Crippen LogP contribution in [-0.2, 0) is 9.53 Å². The van der Waals surface area contributed by atoms with Crippen LogP contribution in [0.5, 0.6) is 0 Å². The normalized spacial score (nSPS) is 12.9. The van der Waals surface area contributed by atoms with Gasteiger partial charge >= 0.3 is 17.2 Å². The standard InChI is InChI=1S/C6H3N3O2.C6H3NO2S.C5H3N3O2.C4H3NO2/c10-6-4-1-7-2-8-5(4)9-3-11-6;8-6-5-4(1-2-10-5)7-3-9-6;9-5-3-1-7-8-4(3)6-2-10-5;6-4-1-2-7-5-3-4/h1-3H;1-3H;1H,2H2;1-3H. The van der Waals surface area contributed by atoms with Gasteiger partial charge in [0.1, 0.15) is 34.4 Å². The number of amidine groups is 1. The van der Waals surface area contributed by atoms with Crippen LogP contribution in [0.25, 0.3) is 21.3 Å². The van der Waals surface area contributed by atoms with Gasteiger partial charge in [0.2, 0.25) is 5.43 Å². The van der Waals surface area contributed by atoms with E-state index < -0.39 is 11.6 Å². The Morgan fingerprint density at radius 3 is 2.47 bits per heavy atom. The monoisotopic (exact) mass is 536 g/mol. The summed E-state index contributed by atoms with van der Waals surface area (Å²) >= 11 is 1.35. The lowest BCUT2D eigenvalue weighted by Gasteiger charge is -2.06. The zero-order valence-corrected chi connectivity index (χ0v) is 19.5. The molecule has 0 bridgehead atoms. The first-order valence-electron chi connectivity index (χ1n) is 10.1. The topological polar surface area (TPSA) is 218 Å². The van der Waals surface area contributed by atoms with Gasteiger partial charge in [0.15, 0.2) is 31.0 Å². The predicted octanol–water partition coefficient (Wildman–Crippen LogP) is 1.51. The molecule has 0 spiro atoms. The Morgan fingerprint density at radius 1 is 0.921 bits per heavy atom. The minimum absolute atomic E-state index is 0.0600. The number of rotatable bonds is 0. The smallest absolute Gasteiger partial charge is 0.356 e. The number of carbonyl (C=O) groups is 1. The molecule has 0 radical (unpaired) electrons. The van der Waals surface area contributed by atoms with Crippen molar-refractivity contribution in [3.8, 4) is 0 Å². The number of cyclic esters (lactones) is 1. The molecular formula is C21H12N8O8S. The SMILES string of the molecule is O=C1OCN=C2N=NC=C12.O=c1cconc1.O=c1ocnc2ccsc12.O=c1ocnc2ncncc12. The van der Waals surface area contributed by atoms with E-state index in [0.29, 0.717) is 32.7 Å². The van der Waals surface area contributed by atoms with Gasteiger partial charge in [-0.1, -0.05) is 5.16 Å².